The zero-order valence-corrected chi connectivity index (χ0v) is 15.9. The first-order valence-electron chi connectivity index (χ1n) is 10.3. The summed E-state index contributed by atoms with van der Waals surface area (Å²) >= 11 is 0. The number of rotatable bonds is 3. The van der Waals surface area contributed by atoms with Crippen LogP contribution in [0.5, 0.6) is 0 Å². The van der Waals surface area contributed by atoms with Crippen LogP contribution in [0.1, 0.15) is 57.8 Å². The number of benzene rings is 1. The van der Waals surface area contributed by atoms with Crippen LogP contribution in [0.15, 0.2) is 23.0 Å². The van der Waals surface area contributed by atoms with E-state index in [0.29, 0.717) is 28.9 Å². The minimum Gasteiger partial charge on any atom is -0.326 e. The van der Waals surface area contributed by atoms with Gasteiger partial charge >= 0.3 is 0 Å². The molecule has 152 valence electrons. The average molecular weight is 391 g/mol. The van der Waals surface area contributed by atoms with Crippen molar-refractivity contribution in [2.75, 3.05) is 5.32 Å². The maximum atomic E-state index is 14.2. The lowest BCUT2D eigenvalue weighted by Crippen LogP contribution is -2.42. The van der Waals surface area contributed by atoms with E-state index in [1.165, 1.54) is 12.8 Å². The number of amides is 1. The number of aromatic amines is 2. The molecule has 7 heteroatoms. The Bertz CT molecular complexity index is 896. The SMILES string of the molecule is O=C(Nc1ccc2[nH][nH]c(=O)c2c1)C1CC(F)(F)CCC1C1CCCCCC1. The molecule has 0 bridgehead atoms. The van der Waals surface area contributed by atoms with Crippen LogP contribution in [0.25, 0.3) is 10.9 Å². The number of carbonyl (C=O) groups is 1. The minimum absolute atomic E-state index is 0.0112. The van der Waals surface area contributed by atoms with E-state index >= 15 is 0 Å². The first kappa shape index (κ1) is 19.2. The van der Waals surface area contributed by atoms with E-state index in [1.807, 2.05) is 0 Å². The highest BCUT2D eigenvalue weighted by atomic mass is 19.3. The number of H-pyrrole nitrogens is 2. The molecule has 4 rings (SSSR count). The van der Waals surface area contributed by atoms with Gasteiger partial charge in [0.15, 0.2) is 0 Å². The van der Waals surface area contributed by atoms with Crippen molar-refractivity contribution in [3.8, 4) is 0 Å². The minimum atomic E-state index is -2.79. The van der Waals surface area contributed by atoms with E-state index in [9.17, 15) is 18.4 Å². The molecule has 1 amide bonds. The molecule has 2 aliphatic carbocycles. The topological polar surface area (TPSA) is 77.8 Å². The molecule has 1 aromatic carbocycles. The number of carbonyl (C=O) groups excluding carboxylic acids is 1. The van der Waals surface area contributed by atoms with E-state index in [4.69, 9.17) is 0 Å². The highest BCUT2D eigenvalue weighted by molar-refractivity contribution is 5.95. The Morgan fingerprint density at radius 3 is 2.57 bits per heavy atom. The molecular weight excluding hydrogens is 364 g/mol. The number of hydrogen-bond donors (Lipinski definition) is 3. The summed E-state index contributed by atoms with van der Waals surface area (Å²) in [6, 6.07) is 4.97. The summed E-state index contributed by atoms with van der Waals surface area (Å²) in [7, 11) is 0. The number of nitrogens with one attached hydrogen (secondary N) is 3. The van der Waals surface area contributed by atoms with Crippen LogP contribution in [-0.4, -0.2) is 22.0 Å². The Kier molecular flexibility index (Phi) is 5.25. The first-order valence-corrected chi connectivity index (χ1v) is 10.3. The van der Waals surface area contributed by atoms with Gasteiger partial charge in [-0.05, 0) is 36.5 Å². The molecule has 0 spiro atoms. The number of aromatic nitrogens is 2. The van der Waals surface area contributed by atoms with Crippen LogP contribution >= 0.6 is 0 Å². The number of halogens is 2. The molecule has 2 saturated carbocycles. The van der Waals surface area contributed by atoms with Crippen LogP contribution in [0.4, 0.5) is 14.5 Å². The molecule has 3 N–H and O–H groups in total. The van der Waals surface area contributed by atoms with Crippen molar-refractivity contribution in [1.82, 2.24) is 10.2 Å². The van der Waals surface area contributed by atoms with Crippen molar-refractivity contribution < 1.29 is 13.6 Å². The third kappa shape index (κ3) is 3.98. The average Bonchev–Trinajstić information content (AvgIpc) is 2.86. The summed E-state index contributed by atoms with van der Waals surface area (Å²) in [5.74, 6) is -3.46. The Morgan fingerprint density at radius 1 is 1.07 bits per heavy atom. The van der Waals surface area contributed by atoms with Gasteiger partial charge in [0.1, 0.15) is 0 Å². The monoisotopic (exact) mass is 391 g/mol. The highest BCUT2D eigenvalue weighted by Gasteiger charge is 2.46. The summed E-state index contributed by atoms with van der Waals surface area (Å²) < 4.78 is 28.3. The van der Waals surface area contributed by atoms with Gasteiger partial charge in [-0.15, -0.1) is 0 Å². The fraction of sp³-hybridized carbons (Fsp3) is 0.619. The lowest BCUT2D eigenvalue weighted by Gasteiger charge is -2.39. The van der Waals surface area contributed by atoms with E-state index in [-0.39, 0.29) is 30.2 Å². The Hall–Kier alpha value is -2.18. The van der Waals surface area contributed by atoms with Crippen molar-refractivity contribution in [1.29, 1.82) is 0 Å². The normalized spacial score (nSPS) is 26.1. The molecule has 5 nitrogen and oxygen atoms in total. The summed E-state index contributed by atoms with van der Waals surface area (Å²) in [5, 5.41) is 8.49. The van der Waals surface area contributed by atoms with Gasteiger partial charge in [-0.2, -0.15) is 0 Å². The van der Waals surface area contributed by atoms with Gasteiger partial charge in [0, 0.05) is 24.4 Å². The Labute approximate surface area is 162 Å². The first-order chi connectivity index (χ1) is 13.4. The van der Waals surface area contributed by atoms with Crippen LogP contribution in [-0.2, 0) is 4.79 Å². The quantitative estimate of drug-likeness (QED) is 0.656. The van der Waals surface area contributed by atoms with E-state index < -0.39 is 11.8 Å². The van der Waals surface area contributed by atoms with Gasteiger partial charge in [0.2, 0.25) is 11.8 Å². The molecule has 2 unspecified atom stereocenters. The van der Waals surface area contributed by atoms with E-state index in [2.05, 4.69) is 15.5 Å². The smallest absolute Gasteiger partial charge is 0.271 e. The second-order valence-electron chi connectivity index (χ2n) is 8.45. The second kappa shape index (κ2) is 7.68. The van der Waals surface area contributed by atoms with Crippen molar-refractivity contribution in [2.24, 2.45) is 17.8 Å². The van der Waals surface area contributed by atoms with Crippen molar-refractivity contribution in [3.63, 3.8) is 0 Å². The molecule has 2 fully saturated rings. The summed E-state index contributed by atoms with van der Waals surface area (Å²) in [5.41, 5.74) is 0.839. The largest absolute Gasteiger partial charge is 0.326 e. The maximum absolute atomic E-state index is 14.2. The summed E-state index contributed by atoms with van der Waals surface area (Å²) in [6.07, 6.45) is 6.61. The van der Waals surface area contributed by atoms with Gasteiger partial charge in [-0.1, -0.05) is 38.5 Å². The number of fused-ring (bicyclic) bond motifs is 1. The molecular formula is C21H27F2N3O2. The van der Waals surface area contributed by atoms with Gasteiger partial charge in [0.25, 0.3) is 5.56 Å². The van der Waals surface area contributed by atoms with Crippen molar-refractivity contribution in [3.05, 3.63) is 28.6 Å². The van der Waals surface area contributed by atoms with Crippen LogP contribution in [0.3, 0.4) is 0 Å². The number of hydrogen-bond acceptors (Lipinski definition) is 2. The van der Waals surface area contributed by atoms with Gasteiger partial charge in [-0.3, -0.25) is 19.8 Å². The zero-order valence-electron chi connectivity index (χ0n) is 15.9. The number of anilines is 1. The molecule has 1 aromatic heterocycles. The third-order valence-corrected chi connectivity index (χ3v) is 6.56. The fourth-order valence-electron chi connectivity index (χ4n) is 5.09. The molecule has 0 radical (unpaired) electrons. The fourth-order valence-corrected chi connectivity index (χ4v) is 5.09. The molecule has 0 aliphatic heterocycles. The lowest BCUT2D eigenvalue weighted by molar-refractivity contribution is -0.134. The predicted molar refractivity (Wildman–Crippen MR) is 105 cm³/mol. The number of alkyl halides is 2. The lowest BCUT2D eigenvalue weighted by atomic mass is 9.68. The third-order valence-electron chi connectivity index (χ3n) is 6.56. The standard InChI is InChI=1S/C21H27F2N3O2/c22-21(23)10-9-15(13-5-3-1-2-4-6-13)17(12-21)19(27)24-14-7-8-18-16(11-14)20(28)26-25-18/h7-8,11,13,15,17H,1-6,9-10,12H2,(H,24,27)(H2,25,26,28). The Balaban J connectivity index is 1.55. The van der Waals surface area contributed by atoms with Gasteiger partial charge < -0.3 is 5.32 Å². The zero-order chi connectivity index (χ0) is 19.7. The molecule has 2 aromatic rings. The van der Waals surface area contributed by atoms with Crippen molar-refractivity contribution in [2.45, 2.75) is 63.7 Å². The molecule has 0 saturated heterocycles. The molecule has 28 heavy (non-hydrogen) atoms. The molecule has 1 heterocycles. The maximum Gasteiger partial charge on any atom is 0.271 e. The Morgan fingerprint density at radius 2 is 1.82 bits per heavy atom. The molecule has 2 aliphatic rings. The van der Waals surface area contributed by atoms with Gasteiger partial charge in [-0.25, -0.2) is 8.78 Å². The van der Waals surface area contributed by atoms with E-state index in [0.717, 1.165) is 25.7 Å². The van der Waals surface area contributed by atoms with Gasteiger partial charge in [0.05, 0.1) is 10.9 Å². The summed E-state index contributed by atoms with van der Waals surface area (Å²) in [4.78, 5) is 24.8. The predicted octanol–water partition coefficient (Wildman–Crippen LogP) is 4.82. The van der Waals surface area contributed by atoms with Crippen molar-refractivity contribution >= 4 is 22.5 Å². The highest BCUT2D eigenvalue weighted by Crippen LogP contribution is 2.46. The molecule has 2 atom stereocenters. The van der Waals surface area contributed by atoms with Crippen LogP contribution in [0, 0.1) is 17.8 Å². The van der Waals surface area contributed by atoms with Crippen LogP contribution in [0.2, 0.25) is 0 Å². The summed E-state index contributed by atoms with van der Waals surface area (Å²) in [6.45, 7) is 0. The van der Waals surface area contributed by atoms with E-state index in [1.54, 1.807) is 18.2 Å². The second-order valence-corrected chi connectivity index (χ2v) is 8.45. The van der Waals surface area contributed by atoms with Crippen LogP contribution < -0.4 is 10.9 Å².